The Labute approximate surface area is 78.3 Å². The number of rotatable bonds is 2. The summed E-state index contributed by atoms with van der Waals surface area (Å²) in [4.78, 5) is 13.8. The van der Waals surface area contributed by atoms with E-state index in [1.54, 1.807) is 13.8 Å². The molecule has 0 aromatic heterocycles. The van der Waals surface area contributed by atoms with Crippen LogP contribution in [-0.4, -0.2) is 24.9 Å². The number of hydrogen-bond acceptors (Lipinski definition) is 3. The molecule has 0 radical (unpaired) electrons. The molecule has 0 unspecified atom stereocenters. The van der Waals surface area contributed by atoms with Crippen molar-refractivity contribution in [3.63, 3.8) is 0 Å². The first-order valence-electron chi connectivity index (χ1n) is 3.22. The van der Waals surface area contributed by atoms with Gasteiger partial charge in [0.25, 0.3) is 0 Å². The third-order valence-electron chi connectivity index (χ3n) is 0.854. The molecule has 0 bridgehead atoms. The summed E-state index contributed by atoms with van der Waals surface area (Å²) < 4.78 is 0. The standard InChI is InChI=1S/C6H12N2O2.Li/c1-3-7-5(6(9)10)8-4-2;/h3-4H2,1-2H3,(H,7,8)(H,9,10);/q;+1/p-1. The van der Waals surface area contributed by atoms with E-state index in [4.69, 9.17) is 0 Å². The van der Waals surface area contributed by atoms with Gasteiger partial charge in [-0.25, -0.2) is 0 Å². The first-order valence-corrected chi connectivity index (χ1v) is 3.22. The molecule has 0 atom stereocenters. The van der Waals surface area contributed by atoms with Crippen LogP contribution >= 0.6 is 0 Å². The van der Waals surface area contributed by atoms with Crippen LogP contribution in [0.3, 0.4) is 0 Å². The molecule has 11 heavy (non-hydrogen) atoms. The zero-order valence-electron chi connectivity index (χ0n) is 7.18. The number of aliphatic carboxylic acids is 1. The van der Waals surface area contributed by atoms with Crippen LogP contribution in [0.1, 0.15) is 13.8 Å². The minimum atomic E-state index is -1.25. The second-order valence-corrected chi connectivity index (χ2v) is 1.64. The van der Waals surface area contributed by atoms with Gasteiger partial charge in [0.1, 0.15) is 11.8 Å². The van der Waals surface area contributed by atoms with E-state index >= 15 is 0 Å². The van der Waals surface area contributed by atoms with Crippen LogP contribution in [0.5, 0.6) is 0 Å². The van der Waals surface area contributed by atoms with Crippen LogP contribution in [0.4, 0.5) is 0 Å². The van der Waals surface area contributed by atoms with Gasteiger partial charge in [0.2, 0.25) is 0 Å². The number of carboxylic acid groups (broad SMARTS) is 1. The van der Waals surface area contributed by atoms with Gasteiger partial charge in [-0.05, 0) is 13.8 Å². The zero-order chi connectivity index (χ0) is 7.98. The van der Waals surface area contributed by atoms with E-state index in [-0.39, 0.29) is 24.7 Å². The Kier molecular flexibility index (Phi) is 9.14. The molecule has 4 nitrogen and oxygen atoms in total. The molecule has 0 aliphatic carbocycles. The van der Waals surface area contributed by atoms with Crippen molar-refractivity contribution in [3.8, 4) is 0 Å². The molecule has 5 heteroatoms. The molecule has 58 valence electrons. The quantitative estimate of drug-likeness (QED) is 0.246. The Morgan fingerprint density at radius 1 is 1.55 bits per heavy atom. The summed E-state index contributed by atoms with van der Waals surface area (Å²) in [6.07, 6.45) is 0. The van der Waals surface area contributed by atoms with Gasteiger partial charge < -0.3 is 15.2 Å². The number of carbonyl (C=O) groups excluding carboxylic acids is 1. The molecule has 0 aromatic carbocycles. The van der Waals surface area contributed by atoms with E-state index in [9.17, 15) is 9.90 Å². The minimum absolute atomic E-state index is 0. The average Bonchev–Trinajstić information content (AvgIpc) is 1.87. The molecule has 0 heterocycles. The van der Waals surface area contributed by atoms with Gasteiger partial charge in [0, 0.05) is 13.1 Å². The van der Waals surface area contributed by atoms with Crippen molar-refractivity contribution in [2.24, 2.45) is 4.99 Å². The first-order chi connectivity index (χ1) is 4.72. The molecular formula is C6H11LiN2O2. The fraction of sp³-hybridized carbons (Fsp3) is 0.667. The van der Waals surface area contributed by atoms with Crippen LogP contribution in [0, 0.1) is 0 Å². The Hall–Kier alpha value is -0.463. The van der Waals surface area contributed by atoms with Crippen LogP contribution < -0.4 is 29.3 Å². The molecule has 1 N–H and O–H groups in total. The van der Waals surface area contributed by atoms with Crippen molar-refractivity contribution >= 4 is 11.8 Å². The van der Waals surface area contributed by atoms with Crippen molar-refractivity contribution in [1.82, 2.24) is 5.32 Å². The maximum Gasteiger partial charge on any atom is 1.00 e. The summed E-state index contributed by atoms with van der Waals surface area (Å²) in [7, 11) is 0. The van der Waals surface area contributed by atoms with Gasteiger partial charge in [0.15, 0.2) is 0 Å². The van der Waals surface area contributed by atoms with Crippen molar-refractivity contribution < 1.29 is 28.8 Å². The maximum atomic E-state index is 10.2. The summed E-state index contributed by atoms with van der Waals surface area (Å²) in [5, 5.41) is 12.7. The van der Waals surface area contributed by atoms with Gasteiger partial charge in [0.05, 0.1) is 0 Å². The number of hydrogen-bond donors (Lipinski definition) is 1. The predicted octanol–water partition coefficient (Wildman–Crippen LogP) is -4.23. The number of carboxylic acids is 1. The van der Waals surface area contributed by atoms with E-state index in [2.05, 4.69) is 10.3 Å². The van der Waals surface area contributed by atoms with Gasteiger partial charge in [-0.1, -0.05) is 0 Å². The zero-order valence-corrected chi connectivity index (χ0v) is 7.18. The van der Waals surface area contributed by atoms with Crippen LogP contribution in [0.25, 0.3) is 0 Å². The van der Waals surface area contributed by atoms with Gasteiger partial charge in [-0.2, -0.15) is 0 Å². The summed E-state index contributed by atoms with van der Waals surface area (Å²) in [6, 6.07) is 0. The molecule has 0 amide bonds. The molecule has 0 aliphatic heterocycles. The molecule has 0 saturated heterocycles. The summed E-state index contributed by atoms with van der Waals surface area (Å²) >= 11 is 0. The molecule has 0 spiro atoms. The monoisotopic (exact) mass is 150 g/mol. The van der Waals surface area contributed by atoms with Gasteiger partial charge in [-0.3, -0.25) is 4.99 Å². The first kappa shape index (κ1) is 13.2. The fourth-order valence-corrected chi connectivity index (χ4v) is 0.518. The van der Waals surface area contributed by atoms with Crippen molar-refractivity contribution in [3.05, 3.63) is 0 Å². The minimum Gasteiger partial charge on any atom is -0.542 e. The second-order valence-electron chi connectivity index (χ2n) is 1.64. The Balaban J connectivity index is 0. The summed E-state index contributed by atoms with van der Waals surface area (Å²) in [5.41, 5.74) is 0. The molecular weight excluding hydrogens is 139 g/mol. The van der Waals surface area contributed by atoms with E-state index in [1.165, 1.54) is 0 Å². The Bertz CT molecular complexity index is 148. The average molecular weight is 150 g/mol. The molecule has 0 fully saturated rings. The van der Waals surface area contributed by atoms with Crippen molar-refractivity contribution in [1.29, 1.82) is 0 Å². The number of aliphatic imine (C=N–C) groups is 1. The third-order valence-corrected chi connectivity index (χ3v) is 0.854. The van der Waals surface area contributed by atoms with E-state index < -0.39 is 5.97 Å². The fourth-order valence-electron chi connectivity index (χ4n) is 0.518. The van der Waals surface area contributed by atoms with E-state index in [0.29, 0.717) is 13.1 Å². The molecule has 0 aromatic rings. The topological polar surface area (TPSA) is 64.5 Å². The maximum absolute atomic E-state index is 10.2. The number of likely N-dealkylation sites (N-methyl/N-ethyl adjacent to an activating group) is 1. The van der Waals surface area contributed by atoms with Crippen molar-refractivity contribution in [2.45, 2.75) is 13.8 Å². The third kappa shape index (κ3) is 5.96. The van der Waals surface area contributed by atoms with Crippen molar-refractivity contribution in [2.75, 3.05) is 13.1 Å². The smallest absolute Gasteiger partial charge is 0.542 e. The second kappa shape index (κ2) is 7.64. The van der Waals surface area contributed by atoms with E-state index in [1.807, 2.05) is 0 Å². The van der Waals surface area contributed by atoms with Crippen LogP contribution in [0.15, 0.2) is 4.99 Å². The summed E-state index contributed by atoms with van der Waals surface area (Å²) in [6.45, 7) is 4.57. The Morgan fingerprint density at radius 3 is 2.36 bits per heavy atom. The van der Waals surface area contributed by atoms with Crippen LogP contribution in [-0.2, 0) is 4.79 Å². The summed E-state index contributed by atoms with van der Waals surface area (Å²) in [5.74, 6) is -1.31. The predicted molar refractivity (Wildman–Crippen MR) is 36.7 cm³/mol. The Morgan fingerprint density at radius 2 is 2.09 bits per heavy atom. The van der Waals surface area contributed by atoms with E-state index in [0.717, 1.165) is 0 Å². The molecule has 0 aliphatic rings. The SMILES string of the molecule is CCN=C(NCC)C(=O)[O-].[Li+]. The number of nitrogens with one attached hydrogen (secondary N) is 1. The normalized spacial score (nSPS) is 10.2. The largest absolute Gasteiger partial charge is 1.00 e. The molecule has 0 saturated carbocycles. The van der Waals surface area contributed by atoms with Crippen LogP contribution in [0.2, 0.25) is 0 Å². The number of nitrogens with zero attached hydrogens (tertiary/aromatic N) is 1. The number of amidine groups is 1. The number of carbonyl (C=O) groups is 1. The van der Waals surface area contributed by atoms with Gasteiger partial charge >= 0.3 is 18.9 Å². The van der Waals surface area contributed by atoms with Gasteiger partial charge in [-0.15, -0.1) is 0 Å². The molecule has 0 rings (SSSR count).